The average Bonchev–Trinajstić information content (AvgIpc) is 2.75. The molecule has 6 nitrogen and oxygen atoms in total. The smallest absolute Gasteiger partial charge is 0.161 e. The maximum Gasteiger partial charge on any atom is 0.161 e. The van der Waals surface area contributed by atoms with E-state index in [9.17, 15) is 15.3 Å². The molecule has 0 bridgehead atoms. The number of aryl methyl sites for hydroxylation is 1. The minimum atomic E-state index is -0.620. The summed E-state index contributed by atoms with van der Waals surface area (Å²) in [4.78, 5) is 0. The molecular weight excluding hydrogens is 420 g/mol. The van der Waals surface area contributed by atoms with Crippen LogP contribution in [0.25, 0.3) is 0 Å². The van der Waals surface area contributed by atoms with E-state index in [4.69, 9.17) is 14.2 Å². The molecule has 2 aromatic carbocycles. The third kappa shape index (κ3) is 7.91. The summed E-state index contributed by atoms with van der Waals surface area (Å²) in [5, 5.41) is 28.8. The number of aliphatic hydroxyl groups excluding tert-OH is 3. The molecule has 0 spiro atoms. The molecule has 0 aliphatic rings. The molecule has 33 heavy (non-hydrogen) atoms. The number of hydrogen-bond acceptors (Lipinski definition) is 6. The van der Waals surface area contributed by atoms with Crippen LogP contribution in [0.2, 0.25) is 0 Å². The van der Waals surface area contributed by atoms with Gasteiger partial charge in [0.2, 0.25) is 0 Å². The predicted octanol–water partition coefficient (Wildman–Crippen LogP) is 4.06. The fourth-order valence-corrected chi connectivity index (χ4v) is 3.42. The van der Waals surface area contributed by atoms with Gasteiger partial charge in [-0.1, -0.05) is 39.0 Å². The van der Waals surface area contributed by atoms with Crippen molar-refractivity contribution in [2.45, 2.75) is 71.2 Å². The fraction of sp³-hybridized carbons (Fsp3) is 0.519. The van der Waals surface area contributed by atoms with Crippen LogP contribution in [0.5, 0.6) is 17.2 Å². The van der Waals surface area contributed by atoms with Crippen LogP contribution in [-0.2, 0) is 11.8 Å². The Balaban J connectivity index is 2.40. The largest absolute Gasteiger partial charge is 0.491 e. The molecule has 0 saturated carbocycles. The highest BCUT2D eigenvalue weighted by Gasteiger charge is 2.26. The summed E-state index contributed by atoms with van der Waals surface area (Å²) in [5.74, 6) is 1.81. The van der Waals surface area contributed by atoms with Crippen molar-refractivity contribution in [1.29, 1.82) is 0 Å². The second-order valence-electron chi connectivity index (χ2n) is 9.19. The van der Waals surface area contributed by atoms with Crippen molar-refractivity contribution in [2.75, 3.05) is 19.8 Å². The molecule has 0 amide bonds. The molecule has 0 aromatic heterocycles. The average molecular weight is 460 g/mol. The zero-order valence-electron chi connectivity index (χ0n) is 20.5. The lowest BCUT2D eigenvalue weighted by atomic mass is 9.77. The van der Waals surface area contributed by atoms with Gasteiger partial charge < -0.3 is 29.5 Å². The van der Waals surface area contributed by atoms with E-state index >= 15 is 0 Å². The van der Waals surface area contributed by atoms with Gasteiger partial charge in [-0.05, 0) is 68.5 Å². The lowest BCUT2D eigenvalue weighted by Crippen LogP contribution is -2.21. The van der Waals surface area contributed by atoms with E-state index < -0.39 is 18.3 Å². The molecule has 2 rings (SSSR count). The van der Waals surface area contributed by atoms with Gasteiger partial charge in [0, 0.05) is 5.41 Å². The first-order chi connectivity index (χ1) is 15.5. The monoisotopic (exact) mass is 459 g/mol. The molecule has 0 aliphatic heterocycles. The summed E-state index contributed by atoms with van der Waals surface area (Å²) in [6.07, 6.45) is -0.254. The number of rotatable bonds is 13. The van der Waals surface area contributed by atoms with Crippen LogP contribution in [0.4, 0.5) is 0 Å². The zero-order valence-corrected chi connectivity index (χ0v) is 20.5. The molecule has 1 radical (unpaired) electrons. The highest BCUT2D eigenvalue weighted by atomic mass is 16.5. The molecule has 0 fully saturated rings. The van der Waals surface area contributed by atoms with Gasteiger partial charge in [0.05, 0.1) is 18.3 Å². The van der Waals surface area contributed by atoms with Gasteiger partial charge in [-0.2, -0.15) is 0 Å². The lowest BCUT2D eigenvalue weighted by molar-refractivity contribution is 0.107. The molecule has 3 unspecified atom stereocenters. The summed E-state index contributed by atoms with van der Waals surface area (Å²) in [7, 11) is 0. The van der Waals surface area contributed by atoms with Gasteiger partial charge in [-0.25, -0.2) is 0 Å². The van der Waals surface area contributed by atoms with Crippen LogP contribution in [0.3, 0.4) is 0 Å². The van der Waals surface area contributed by atoms with Crippen molar-refractivity contribution in [1.82, 2.24) is 0 Å². The second-order valence-corrected chi connectivity index (χ2v) is 9.19. The van der Waals surface area contributed by atoms with Crippen molar-refractivity contribution < 1.29 is 29.5 Å². The Morgan fingerprint density at radius 1 is 0.727 bits per heavy atom. The Morgan fingerprint density at radius 2 is 1.18 bits per heavy atom. The predicted molar refractivity (Wildman–Crippen MR) is 130 cm³/mol. The maximum atomic E-state index is 9.68. The van der Waals surface area contributed by atoms with Crippen molar-refractivity contribution in [2.24, 2.45) is 0 Å². The summed E-state index contributed by atoms with van der Waals surface area (Å²) in [6, 6.07) is 11.9. The summed E-state index contributed by atoms with van der Waals surface area (Å²) in [5.41, 5.74) is 2.82. The Morgan fingerprint density at radius 3 is 1.70 bits per heavy atom. The quantitative estimate of drug-likeness (QED) is 0.419. The lowest BCUT2D eigenvalue weighted by Gasteiger charge is -2.28. The van der Waals surface area contributed by atoms with E-state index in [1.807, 2.05) is 30.3 Å². The number of hydrogen-bond donors (Lipinski definition) is 3. The first kappa shape index (κ1) is 27.0. The molecule has 0 heterocycles. The first-order valence-corrected chi connectivity index (χ1v) is 11.5. The van der Waals surface area contributed by atoms with Gasteiger partial charge >= 0.3 is 0 Å². The van der Waals surface area contributed by atoms with Crippen molar-refractivity contribution in [3.8, 4) is 17.2 Å². The number of benzene rings is 2. The molecular formula is C27H39O6. The van der Waals surface area contributed by atoms with Crippen molar-refractivity contribution in [3.63, 3.8) is 0 Å². The highest BCUT2D eigenvalue weighted by molar-refractivity contribution is 5.50. The SMILES string of the molecule is [CH2]CCc1cc(C(C)(C)c2ccc(OCC(C)O)c(OCC(C)O)c2)ccc1OCC(C)O. The summed E-state index contributed by atoms with van der Waals surface area (Å²) in [6.45, 7) is 13.8. The van der Waals surface area contributed by atoms with Gasteiger partial charge in [0.1, 0.15) is 25.6 Å². The Kier molecular flexibility index (Phi) is 10.0. The molecule has 3 atom stereocenters. The molecule has 0 aliphatic carbocycles. The van der Waals surface area contributed by atoms with Gasteiger partial charge in [0.15, 0.2) is 11.5 Å². The number of aliphatic hydroxyl groups is 3. The maximum absolute atomic E-state index is 9.68. The van der Waals surface area contributed by atoms with E-state index in [-0.39, 0.29) is 25.2 Å². The fourth-order valence-electron chi connectivity index (χ4n) is 3.42. The van der Waals surface area contributed by atoms with Crippen molar-refractivity contribution >= 4 is 0 Å². The molecule has 0 saturated heterocycles. The van der Waals surface area contributed by atoms with Crippen LogP contribution in [0, 0.1) is 6.92 Å². The zero-order chi connectivity index (χ0) is 24.6. The molecule has 2 aromatic rings. The van der Waals surface area contributed by atoms with Crippen LogP contribution in [-0.4, -0.2) is 53.5 Å². The van der Waals surface area contributed by atoms with Gasteiger partial charge in [-0.3, -0.25) is 0 Å². The highest BCUT2D eigenvalue weighted by Crippen LogP contribution is 2.39. The standard InChI is InChI=1S/C27H39O6/c1-7-8-21-13-22(9-11-24(21)31-15-18(2)28)27(5,6)23-10-12-25(32-16-19(3)29)26(14-23)33-17-20(4)30/h9-14,18-20,28-30H,1,7-8,15-17H2,2-6H3. The van der Waals surface area contributed by atoms with Crippen LogP contribution >= 0.6 is 0 Å². The Bertz CT molecular complexity index is 873. The van der Waals surface area contributed by atoms with E-state index in [2.05, 4.69) is 26.8 Å². The Labute approximate surface area is 198 Å². The van der Waals surface area contributed by atoms with Gasteiger partial charge in [0.25, 0.3) is 0 Å². The Hall–Kier alpha value is -2.28. The van der Waals surface area contributed by atoms with Crippen LogP contribution in [0.15, 0.2) is 36.4 Å². The second kappa shape index (κ2) is 12.3. The number of ether oxygens (including phenoxy) is 3. The van der Waals surface area contributed by atoms with Crippen molar-refractivity contribution in [3.05, 3.63) is 60.0 Å². The van der Waals surface area contributed by atoms with Crippen LogP contribution in [0.1, 0.15) is 57.7 Å². The van der Waals surface area contributed by atoms with E-state index in [0.29, 0.717) is 11.5 Å². The third-order valence-electron chi connectivity index (χ3n) is 5.33. The van der Waals surface area contributed by atoms with E-state index in [0.717, 1.165) is 35.3 Å². The topological polar surface area (TPSA) is 88.4 Å². The summed E-state index contributed by atoms with van der Waals surface area (Å²) >= 11 is 0. The van der Waals surface area contributed by atoms with Gasteiger partial charge in [-0.15, -0.1) is 0 Å². The van der Waals surface area contributed by atoms with E-state index in [1.165, 1.54) is 0 Å². The molecule has 183 valence electrons. The molecule has 6 heteroatoms. The van der Waals surface area contributed by atoms with E-state index in [1.54, 1.807) is 20.8 Å². The third-order valence-corrected chi connectivity index (χ3v) is 5.33. The minimum absolute atomic E-state index is 0.137. The first-order valence-electron chi connectivity index (χ1n) is 11.5. The normalized spacial score (nSPS) is 14.5. The molecule has 3 N–H and O–H groups in total. The minimum Gasteiger partial charge on any atom is -0.491 e. The van der Waals surface area contributed by atoms with Crippen LogP contribution < -0.4 is 14.2 Å². The summed E-state index contributed by atoms with van der Waals surface area (Å²) < 4.78 is 17.3.